The lowest BCUT2D eigenvalue weighted by Gasteiger charge is -2.73. The Hall–Kier alpha value is -6.11. The van der Waals surface area contributed by atoms with Gasteiger partial charge in [0.1, 0.15) is 18.8 Å². The van der Waals surface area contributed by atoms with Gasteiger partial charge in [0.25, 0.3) is 0 Å². The van der Waals surface area contributed by atoms with Crippen molar-refractivity contribution in [3.63, 3.8) is 0 Å². The largest absolute Gasteiger partial charge is 0.462 e. The van der Waals surface area contributed by atoms with Crippen molar-refractivity contribution in [1.82, 2.24) is 0 Å². The van der Waals surface area contributed by atoms with E-state index < -0.39 is 61.2 Å². The highest BCUT2D eigenvalue weighted by Crippen LogP contribution is 2.78. The van der Waals surface area contributed by atoms with Crippen LogP contribution in [0.15, 0.2) is 133 Å². The molecule has 0 radical (unpaired) electrons. The van der Waals surface area contributed by atoms with Crippen LogP contribution < -0.4 is 0 Å². The molecule has 12 heteroatoms. The molecule has 1 saturated heterocycles. The highest BCUT2D eigenvalue weighted by atomic mass is 16.7. The van der Waals surface area contributed by atoms with Gasteiger partial charge >= 0.3 is 29.8 Å². The third-order valence-electron chi connectivity index (χ3n) is 21.1. The number of benzene rings is 4. The van der Waals surface area contributed by atoms with Crippen LogP contribution in [0.25, 0.3) is 0 Å². The van der Waals surface area contributed by atoms with E-state index in [-0.39, 0.29) is 62.4 Å². The Bertz CT molecular complexity index is 2850. The fourth-order valence-electron chi connectivity index (χ4n) is 17.1. The molecule has 5 aliphatic carbocycles. The molecule has 10 rings (SSSR count). The Kier molecular flexibility index (Phi) is 16.0. The number of esters is 5. The number of hydrogen-bond acceptors (Lipinski definition) is 12. The third-order valence-corrected chi connectivity index (χ3v) is 21.1. The summed E-state index contributed by atoms with van der Waals surface area (Å²) in [7, 11) is 0. The van der Waals surface area contributed by atoms with Gasteiger partial charge in [0, 0.05) is 12.3 Å². The van der Waals surface area contributed by atoms with Crippen molar-refractivity contribution in [3.05, 3.63) is 156 Å². The summed E-state index contributed by atoms with van der Waals surface area (Å²) in [6.07, 6.45) is 4.18. The van der Waals surface area contributed by atoms with Crippen molar-refractivity contribution in [3.8, 4) is 0 Å². The zero-order valence-corrected chi connectivity index (χ0v) is 47.2. The number of ether oxygens (including phenoxy) is 7. The van der Waals surface area contributed by atoms with E-state index in [1.807, 2.05) is 0 Å². The zero-order valence-electron chi connectivity index (χ0n) is 47.2. The Balaban J connectivity index is 0.969. The van der Waals surface area contributed by atoms with Crippen molar-refractivity contribution in [2.45, 2.75) is 156 Å². The molecule has 4 aromatic rings. The second-order valence-electron chi connectivity index (χ2n) is 25.3. The van der Waals surface area contributed by atoms with Crippen LogP contribution in [0.1, 0.15) is 161 Å². The lowest BCUT2D eigenvalue weighted by atomic mass is 9.32. The van der Waals surface area contributed by atoms with E-state index >= 15 is 0 Å². The molecule has 420 valence electrons. The first-order chi connectivity index (χ1) is 37.8. The molecule has 0 bridgehead atoms. The van der Waals surface area contributed by atoms with E-state index in [0.717, 1.165) is 64.2 Å². The molecule has 4 aromatic carbocycles. The lowest BCUT2D eigenvalue weighted by Crippen LogP contribution is -2.66. The topological polar surface area (TPSA) is 150 Å². The second kappa shape index (κ2) is 22.4. The fourth-order valence-corrected chi connectivity index (χ4v) is 17.1. The summed E-state index contributed by atoms with van der Waals surface area (Å²) in [6.45, 7) is 20.7. The summed E-state index contributed by atoms with van der Waals surface area (Å²) < 4.78 is 44.9. The molecule has 0 unspecified atom stereocenters. The molecule has 0 spiro atoms. The molecule has 6 aliphatic rings. The maximum Gasteiger partial charge on any atom is 0.338 e. The van der Waals surface area contributed by atoms with Crippen LogP contribution in [0.5, 0.6) is 0 Å². The van der Waals surface area contributed by atoms with E-state index in [0.29, 0.717) is 41.6 Å². The molecule has 12 nitrogen and oxygen atoms in total. The van der Waals surface area contributed by atoms with Gasteiger partial charge in [0.2, 0.25) is 0 Å². The lowest BCUT2D eigenvalue weighted by molar-refractivity contribution is -0.300. The smallest absolute Gasteiger partial charge is 0.338 e. The van der Waals surface area contributed by atoms with E-state index in [1.165, 1.54) is 5.57 Å². The van der Waals surface area contributed by atoms with Gasteiger partial charge in [-0.3, -0.25) is 4.79 Å². The summed E-state index contributed by atoms with van der Waals surface area (Å²) >= 11 is 0. The summed E-state index contributed by atoms with van der Waals surface area (Å²) in [5, 5.41) is 0. The highest BCUT2D eigenvalue weighted by molar-refractivity contribution is 5.91. The first-order valence-electron chi connectivity index (χ1n) is 28.9. The van der Waals surface area contributed by atoms with Gasteiger partial charge in [0.05, 0.1) is 28.9 Å². The first-order valence-corrected chi connectivity index (χ1v) is 28.9. The second-order valence-corrected chi connectivity index (χ2v) is 25.3. The number of allylic oxidation sites excluding steroid dienone is 1. The van der Waals surface area contributed by atoms with Gasteiger partial charge in [-0.2, -0.15) is 0 Å². The molecule has 15 atom stereocenters. The average molecular weight is 1080 g/mol. The van der Waals surface area contributed by atoms with E-state index in [4.69, 9.17) is 33.2 Å². The molecule has 1 aliphatic heterocycles. The van der Waals surface area contributed by atoms with Gasteiger partial charge in [-0.25, -0.2) is 19.2 Å². The molecular formula is C67H80O12. The van der Waals surface area contributed by atoms with Crippen LogP contribution in [0.3, 0.4) is 0 Å². The van der Waals surface area contributed by atoms with Crippen LogP contribution in [-0.2, 0) is 38.0 Å². The van der Waals surface area contributed by atoms with E-state index in [9.17, 15) is 24.0 Å². The highest BCUT2D eigenvalue weighted by Gasteiger charge is 2.71. The molecule has 0 aromatic heterocycles. The van der Waals surface area contributed by atoms with E-state index in [2.05, 4.69) is 48.1 Å². The molecule has 1 heterocycles. The van der Waals surface area contributed by atoms with E-state index in [1.54, 1.807) is 128 Å². The summed E-state index contributed by atoms with van der Waals surface area (Å²) in [4.78, 5) is 68.8. The molecule has 6 fully saturated rings. The van der Waals surface area contributed by atoms with Crippen molar-refractivity contribution < 1.29 is 57.1 Å². The fraction of sp³-hybridized carbons (Fsp3) is 0.537. The van der Waals surface area contributed by atoms with Crippen molar-refractivity contribution in [2.75, 3.05) is 13.2 Å². The first kappa shape index (κ1) is 56.2. The predicted octanol–water partition coefficient (Wildman–Crippen LogP) is 13.2. The normalized spacial score (nSPS) is 35.2. The van der Waals surface area contributed by atoms with Crippen LogP contribution in [0, 0.1) is 56.7 Å². The Morgan fingerprint density at radius 1 is 0.544 bits per heavy atom. The van der Waals surface area contributed by atoms with Crippen molar-refractivity contribution in [2.24, 2.45) is 56.7 Å². The van der Waals surface area contributed by atoms with Gasteiger partial charge < -0.3 is 33.2 Å². The number of carbonyl (C=O) groups is 5. The standard InChI is InChI=1S/C67H80O12/c1-42(2)48-31-36-67(38-37-65(7)49(54(48)67)29-30-52-64(6)34-33-53(75-43(3)68)63(4,5)51(64)32-35-66(52,65)8)39-40-73-62-57(79-61(72)47-27-19-12-20-28-47)56(78-60(71)46-25-17-11-18-26-46)55(77-59(70)45-23-15-10-16-24-45)50(76-62)41-74-58(69)44-21-13-9-14-22-44/h9-28,48-57,62H,1,29-41H2,2-8H3/t48-,49+,50+,51-,52+,53-,54+,55+,56-,57-,62-,64-,65+,66+,67+/m0/s1. The maximum atomic E-state index is 14.3. The van der Waals surface area contributed by atoms with Crippen LogP contribution >= 0.6 is 0 Å². The summed E-state index contributed by atoms with van der Waals surface area (Å²) in [5.41, 5.74) is 2.26. The molecule has 5 saturated carbocycles. The molecule has 0 amide bonds. The maximum absolute atomic E-state index is 14.3. The van der Waals surface area contributed by atoms with Gasteiger partial charge in [-0.15, -0.1) is 0 Å². The van der Waals surface area contributed by atoms with Gasteiger partial charge in [0.15, 0.2) is 24.6 Å². The quantitative estimate of drug-likeness (QED) is 0.0633. The minimum atomic E-state index is -1.51. The zero-order chi connectivity index (χ0) is 55.9. The van der Waals surface area contributed by atoms with Gasteiger partial charge in [-0.05, 0) is 177 Å². The van der Waals surface area contributed by atoms with Gasteiger partial charge in [-0.1, -0.05) is 120 Å². The average Bonchev–Trinajstić information content (AvgIpc) is 3.09. The van der Waals surface area contributed by atoms with Crippen LogP contribution in [0.2, 0.25) is 0 Å². The third kappa shape index (κ3) is 10.5. The number of fused-ring (bicyclic) bond motifs is 7. The molecule has 79 heavy (non-hydrogen) atoms. The minimum absolute atomic E-state index is 0.0729. The monoisotopic (exact) mass is 1080 g/mol. The summed E-state index contributed by atoms with van der Waals surface area (Å²) in [6, 6.07) is 33.7. The number of hydrogen-bond donors (Lipinski definition) is 0. The molecule has 0 N–H and O–H groups in total. The Morgan fingerprint density at radius 2 is 1.08 bits per heavy atom. The Labute approximate surface area is 466 Å². The molecular weight excluding hydrogens is 997 g/mol. The minimum Gasteiger partial charge on any atom is -0.462 e. The van der Waals surface area contributed by atoms with Crippen molar-refractivity contribution >= 4 is 29.8 Å². The Morgan fingerprint density at radius 3 is 1.62 bits per heavy atom. The number of rotatable bonds is 15. The van der Waals surface area contributed by atoms with Crippen LogP contribution in [-0.4, -0.2) is 79.9 Å². The predicted molar refractivity (Wildman–Crippen MR) is 297 cm³/mol. The number of carbonyl (C=O) groups excluding carboxylic acids is 5. The van der Waals surface area contributed by atoms with Crippen LogP contribution in [0.4, 0.5) is 0 Å². The van der Waals surface area contributed by atoms with Crippen molar-refractivity contribution in [1.29, 1.82) is 0 Å². The SMILES string of the molecule is C=C(C)[C@@H]1CC[C@]2(CCO[C@H]3O[C@H](COC(=O)c4ccccc4)[C@@H](OC(=O)c4ccccc4)[C@H](OC(=O)c4ccccc4)[C@@H]3OC(=O)c3ccccc3)CC[C@]3(C)[C@H](CC[C@@H]4[C@@]5(C)CC[C@H](OC(C)=O)C(C)(C)[C@@H]5CC[C@]43C)[C@@H]12. The summed E-state index contributed by atoms with van der Waals surface area (Å²) in [5.74, 6) is -0.953.